The fourth-order valence-electron chi connectivity index (χ4n) is 1.95. The van der Waals surface area contributed by atoms with Crippen LogP contribution in [0.15, 0.2) is 53.7 Å². The third-order valence-electron chi connectivity index (χ3n) is 3.21. The van der Waals surface area contributed by atoms with E-state index in [2.05, 4.69) is 9.71 Å². The van der Waals surface area contributed by atoms with Gasteiger partial charge in [0.1, 0.15) is 0 Å². The third kappa shape index (κ3) is 3.87. The average molecular weight is 306 g/mol. The van der Waals surface area contributed by atoms with Gasteiger partial charge in [-0.1, -0.05) is 12.1 Å². The molecule has 6 heteroatoms. The maximum atomic E-state index is 12.3. The highest BCUT2D eigenvalue weighted by Crippen LogP contribution is 2.18. The molecule has 0 spiro atoms. The van der Waals surface area contributed by atoms with E-state index in [9.17, 15) is 13.5 Å². The van der Waals surface area contributed by atoms with Crippen LogP contribution in [-0.4, -0.2) is 18.5 Å². The molecule has 0 bridgehead atoms. The van der Waals surface area contributed by atoms with Crippen molar-refractivity contribution >= 4 is 10.0 Å². The second-order valence-electron chi connectivity index (χ2n) is 4.87. The van der Waals surface area contributed by atoms with Crippen molar-refractivity contribution in [2.75, 3.05) is 0 Å². The second kappa shape index (κ2) is 6.34. The smallest absolute Gasteiger partial charge is 0.241 e. The van der Waals surface area contributed by atoms with Crippen LogP contribution < -0.4 is 4.72 Å². The molecule has 2 unspecified atom stereocenters. The van der Waals surface area contributed by atoms with E-state index in [0.717, 1.165) is 5.56 Å². The van der Waals surface area contributed by atoms with Crippen LogP contribution in [0, 0.1) is 0 Å². The van der Waals surface area contributed by atoms with Crippen molar-refractivity contribution in [3.63, 3.8) is 0 Å². The highest BCUT2D eigenvalue weighted by molar-refractivity contribution is 7.89. The summed E-state index contributed by atoms with van der Waals surface area (Å²) in [5.41, 5.74) is 1.52. The minimum atomic E-state index is -3.60. The van der Waals surface area contributed by atoms with E-state index in [1.807, 2.05) is 0 Å². The van der Waals surface area contributed by atoms with Gasteiger partial charge in [-0.25, -0.2) is 13.1 Å². The fraction of sp³-hybridized carbons (Fsp3) is 0.267. The van der Waals surface area contributed by atoms with Crippen LogP contribution in [0.3, 0.4) is 0 Å². The van der Waals surface area contributed by atoms with E-state index < -0.39 is 16.1 Å². The molecule has 0 radical (unpaired) electrons. The minimum Gasteiger partial charge on any atom is -0.389 e. The Morgan fingerprint density at radius 1 is 1.00 bits per heavy atom. The first-order valence-corrected chi connectivity index (χ1v) is 8.09. The summed E-state index contributed by atoms with van der Waals surface area (Å²) < 4.78 is 27.2. The second-order valence-corrected chi connectivity index (χ2v) is 6.58. The highest BCUT2D eigenvalue weighted by Gasteiger charge is 2.18. The van der Waals surface area contributed by atoms with Gasteiger partial charge in [0, 0.05) is 18.4 Å². The predicted octanol–water partition coefficient (Wildman–Crippen LogP) is 2.17. The number of hydrogen-bond acceptors (Lipinski definition) is 4. The highest BCUT2D eigenvalue weighted by atomic mass is 32.2. The number of sulfonamides is 1. The zero-order valence-electron chi connectivity index (χ0n) is 11.9. The van der Waals surface area contributed by atoms with E-state index in [-0.39, 0.29) is 10.9 Å². The van der Waals surface area contributed by atoms with Crippen molar-refractivity contribution in [3.05, 3.63) is 59.9 Å². The Kier molecular flexibility index (Phi) is 4.72. The van der Waals surface area contributed by atoms with Crippen LogP contribution >= 0.6 is 0 Å². The van der Waals surface area contributed by atoms with Crippen LogP contribution in [0.2, 0.25) is 0 Å². The first-order chi connectivity index (χ1) is 9.90. The Morgan fingerprint density at radius 3 is 2.10 bits per heavy atom. The van der Waals surface area contributed by atoms with E-state index in [1.54, 1.807) is 50.5 Å². The molecule has 2 N–H and O–H groups in total. The molecule has 1 heterocycles. The van der Waals surface area contributed by atoms with Crippen LogP contribution in [0.1, 0.15) is 37.1 Å². The van der Waals surface area contributed by atoms with Crippen LogP contribution in [0.5, 0.6) is 0 Å². The van der Waals surface area contributed by atoms with E-state index >= 15 is 0 Å². The van der Waals surface area contributed by atoms with Gasteiger partial charge in [-0.3, -0.25) is 4.98 Å². The molecule has 0 amide bonds. The Hall–Kier alpha value is -1.76. The number of aromatic nitrogens is 1. The third-order valence-corrected chi connectivity index (χ3v) is 4.77. The van der Waals surface area contributed by atoms with E-state index in [4.69, 9.17) is 0 Å². The van der Waals surface area contributed by atoms with Crippen molar-refractivity contribution in [3.8, 4) is 0 Å². The lowest BCUT2D eigenvalue weighted by Crippen LogP contribution is -2.26. The summed E-state index contributed by atoms with van der Waals surface area (Å²) >= 11 is 0. The van der Waals surface area contributed by atoms with E-state index in [0.29, 0.717) is 5.56 Å². The number of rotatable bonds is 5. The summed E-state index contributed by atoms with van der Waals surface area (Å²) in [7, 11) is -3.60. The van der Waals surface area contributed by atoms with Crippen molar-refractivity contribution in [1.29, 1.82) is 0 Å². The summed E-state index contributed by atoms with van der Waals surface area (Å²) in [6.07, 6.45) is 2.63. The zero-order valence-corrected chi connectivity index (χ0v) is 12.7. The number of aliphatic hydroxyl groups excluding tert-OH is 1. The van der Waals surface area contributed by atoms with Gasteiger partial charge in [-0.05, 0) is 49.2 Å². The van der Waals surface area contributed by atoms with Crippen molar-refractivity contribution in [2.45, 2.75) is 30.9 Å². The first kappa shape index (κ1) is 15.6. The SMILES string of the molecule is CC(O)c1ccc(S(=O)(=O)NC(C)c2ccncc2)cc1. The van der Waals surface area contributed by atoms with Crippen LogP contribution in [0.4, 0.5) is 0 Å². The molecule has 5 nitrogen and oxygen atoms in total. The summed E-state index contributed by atoms with van der Waals surface area (Å²) in [6.45, 7) is 3.41. The molecular weight excluding hydrogens is 288 g/mol. The molecule has 0 aliphatic heterocycles. The zero-order chi connectivity index (χ0) is 15.5. The quantitative estimate of drug-likeness (QED) is 0.887. The first-order valence-electron chi connectivity index (χ1n) is 6.60. The maximum Gasteiger partial charge on any atom is 0.241 e. The molecule has 2 rings (SSSR count). The Morgan fingerprint density at radius 2 is 1.57 bits per heavy atom. The number of hydrogen-bond donors (Lipinski definition) is 2. The topological polar surface area (TPSA) is 79.3 Å². The number of benzene rings is 1. The van der Waals surface area contributed by atoms with Gasteiger partial charge >= 0.3 is 0 Å². The maximum absolute atomic E-state index is 12.3. The molecule has 1 aromatic heterocycles. The summed E-state index contributed by atoms with van der Waals surface area (Å²) in [5, 5.41) is 9.44. The van der Waals surface area contributed by atoms with Gasteiger partial charge in [0.2, 0.25) is 10.0 Å². The van der Waals surface area contributed by atoms with Crippen molar-refractivity contribution in [2.24, 2.45) is 0 Å². The lowest BCUT2D eigenvalue weighted by Gasteiger charge is -2.15. The molecule has 2 atom stereocenters. The fourth-order valence-corrected chi connectivity index (χ4v) is 3.18. The van der Waals surface area contributed by atoms with E-state index in [1.165, 1.54) is 12.1 Å². The summed E-state index contributed by atoms with van der Waals surface area (Å²) in [6, 6.07) is 9.38. The summed E-state index contributed by atoms with van der Waals surface area (Å²) in [5.74, 6) is 0. The number of nitrogens with zero attached hydrogens (tertiary/aromatic N) is 1. The minimum absolute atomic E-state index is 0.174. The molecule has 0 aliphatic rings. The number of pyridine rings is 1. The Balaban J connectivity index is 2.18. The number of aliphatic hydroxyl groups is 1. The van der Waals surface area contributed by atoms with Gasteiger partial charge in [0.25, 0.3) is 0 Å². The average Bonchev–Trinajstić information content (AvgIpc) is 2.48. The molecule has 21 heavy (non-hydrogen) atoms. The molecule has 2 aromatic rings. The Labute approximate surface area is 124 Å². The molecule has 0 fully saturated rings. The van der Waals surface area contributed by atoms with Gasteiger partial charge in [0.05, 0.1) is 11.0 Å². The van der Waals surface area contributed by atoms with Crippen LogP contribution in [0.25, 0.3) is 0 Å². The van der Waals surface area contributed by atoms with Gasteiger partial charge in [0.15, 0.2) is 0 Å². The molecular formula is C15H18N2O3S. The molecule has 0 aliphatic carbocycles. The lowest BCUT2D eigenvalue weighted by atomic mass is 10.1. The van der Waals surface area contributed by atoms with Crippen molar-refractivity contribution < 1.29 is 13.5 Å². The lowest BCUT2D eigenvalue weighted by molar-refractivity contribution is 0.199. The van der Waals surface area contributed by atoms with Crippen molar-refractivity contribution in [1.82, 2.24) is 9.71 Å². The monoisotopic (exact) mass is 306 g/mol. The predicted molar refractivity (Wildman–Crippen MR) is 80.0 cm³/mol. The molecule has 112 valence electrons. The van der Waals surface area contributed by atoms with Gasteiger partial charge in [-0.15, -0.1) is 0 Å². The normalized spacial score (nSPS) is 14.6. The standard InChI is InChI=1S/C15H18N2O3S/c1-11(13-7-9-16-10-8-13)17-21(19,20)15-5-3-14(4-6-15)12(2)18/h3-12,17-18H,1-2H3. The molecule has 0 saturated carbocycles. The largest absolute Gasteiger partial charge is 0.389 e. The molecule has 1 aromatic carbocycles. The number of nitrogens with one attached hydrogen (secondary N) is 1. The van der Waals surface area contributed by atoms with Gasteiger partial charge in [-0.2, -0.15) is 0 Å². The summed E-state index contributed by atoms with van der Waals surface area (Å²) in [4.78, 5) is 4.08. The molecule has 0 saturated heterocycles. The van der Waals surface area contributed by atoms with Gasteiger partial charge < -0.3 is 5.11 Å². The van der Waals surface area contributed by atoms with Crippen LogP contribution in [-0.2, 0) is 10.0 Å². The Bertz CT molecular complexity index is 683.